The molecule has 1 heterocycles. The maximum Gasteiger partial charge on any atom is 0.410 e. The number of likely N-dealkylation sites (tertiary alicyclic amines) is 1. The number of halogens is 2. The van der Waals surface area contributed by atoms with E-state index in [-0.39, 0.29) is 19.1 Å². The SMILES string of the molecule is C=C(/C=C\C=C(/C)OCc1ccc(Cl)cc1F)C1CCN(C(=O)OC(C)(C)C)CC1O. The number of aliphatic hydroxyl groups is 1. The Bertz CT molecular complexity index is 860. The normalized spacial score (nSPS) is 20.1. The Morgan fingerprint density at radius 1 is 1.42 bits per heavy atom. The molecule has 0 saturated carbocycles. The van der Waals surface area contributed by atoms with Crippen LogP contribution in [-0.2, 0) is 16.1 Å². The van der Waals surface area contributed by atoms with E-state index in [1.54, 1.807) is 31.2 Å². The summed E-state index contributed by atoms with van der Waals surface area (Å²) < 4.78 is 24.7. The number of nitrogens with zero attached hydrogens (tertiary/aromatic N) is 1. The average Bonchev–Trinajstić information content (AvgIpc) is 2.65. The van der Waals surface area contributed by atoms with Gasteiger partial charge in [-0.05, 0) is 57.9 Å². The van der Waals surface area contributed by atoms with Crippen molar-refractivity contribution in [3.63, 3.8) is 0 Å². The van der Waals surface area contributed by atoms with Gasteiger partial charge in [0.1, 0.15) is 18.0 Å². The van der Waals surface area contributed by atoms with E-state index < -0.39 is 23.6 Å². The molecule has 0 bridgehead atoms. The summed E-state index contributed by atoms with van der Waals surface area (Å²) in [6, 6.07) is 4.46. The van der Waals surface area contributed by atoms with E-state index in [9.17, 15) is 14.3 Å². The Kier molecular flexibility index (Phi) is 8.71. The molecular formula is C24H31ClFNO4. The maximum atomic E-state index is 13.8. The molecule has 1 aliphatic heterocycles. The molecule has 170 valence electrons. The third-order valence-electron chi connectivity index (χ3n) is 4.82. The fraction of sp³-hybridized carbons (Fsp3) is 0.458. The first kappa shape index (κ1) is 25.0. The van der Waals surface area contributed by atoms with Crippen LogP contribution < -0.4 is 0 Å². The van der Waals surface area contributed by atoms with Crippen LogP contribution in [0.15, 0.2) is 54.3 Å². The van der Waals surface area contributed by atoms with Gasteiger partial charge in [-0.25, -0.2) is 9.18 Å². The number of amides is 1. The van der Waals surface area contributed by atoms with Gasteiger partial charge >= 0.3 is 6.09 Å². The van der Waals surface area contributed by atoms with Gasteiger partial charge in [-0.2, -0.15) is 0 Å². The number of rotatable bonds is 6. The molecule has 31 heavy (non-hydrogen) atoms. The lowest BCUT2D eigenvalue weighted by Crippen LogP contribution is -2.48. The molecule has 1 aliphatic rings. The third-order valence-corrected chi connectivity index (χ3v) is 5.06. The lowest BCUT2D eigenvalue weighted by Gasteiger charge is -2.37. The highest BCUT2D eigenvalue weighted by molar-refractivity contribution is 6.30. The largest absolute Gasteiger partial charge is 0.493 e. The highest BCUT2D eigenvalue weighted by Gasteiger charge is 2.33. The third kappa shape index (κ3) is 8.04. The molecule has 5 nitrogen and oxygen atoms in total. The van der Waals surface area contributed by atoms with Crippen molar-refractivity contribution in [1.82, 2.24) is 4.90 Å². The molecule has 2 rings (SSSR count). The van der Waals surface area contributed by atoms with E-state index in [0.717, 1.165) is 5.57 Å². The van der Waals surface area contributed by atoms with E-state index in [1.165, 1.54) is 11.0 Å². The van der Waals surface area contributed by atoms with Crippen molar-refractivity contribution < 1.29 is 23.8 Å². The van der Waals surface area contributed by atoms with Crippen molar-refractivity contribution in [3.05, 3.63) is 70.7 Å². The van der Waals surface area contributed by atoms with Crippen LogP contribution in [0.25, 0.3) is 0 Å². The molecule has 2 unspecified atom stereocenters. The topological polar surface area (TPSA) is 59.0 Å². The van der Waals surface area contributed by atoms with Crippen LogP contribution in [0.1, 0.15) is 39.7 Å². The second-order valence-corrected chi connectivity index (χ2v) is 9.06. The monoisotopic (exact) mass is 451 g/mol. The van der Waals surface area contributed by atoms with Gasteiger partial charge in [0.15, 0.2) is 0 Å². The molecule has 0 aliphatic carbocycles. The molecule has 2 atom stereocenters. The Labute approximate surface area is 188 Å². The Morgan fingerprint density at radius 2 is 2.13 bits per heavy atom. The first-order chi connectivity index (χ1) is 14.5. The number of allylic oxidation sites excluding steroid dienone is 4. The number of benzene rings is 1. The number of hydrogen-bond donors (Lipinski definition) is 1. The summed E-state index contributed by atoms with van der Waals surface area (Å²) in [7, 11) is 0. The van der Waals surface area contributed by atoms with Crippen LogP contribution in [0.3, 0.4) is 0 Å². The zero-order valence-corrected chi connectivity index (χ0v) is 19.3. The summed E-state index contributed by atoms with van der Waals surface area (Å²) in [6.45, 7) is 12.1. The summed E-state index contributed by atoms with van der Waals surface area (Å²) in [5.41, 5.74) is 0.617. The minimum atomic E-state index is -0.715. The number of ether oxygens (including phenoxy) is 2. The highest BCUT2D eigenvalue weighted by atomic mass is 35.5. The van der Waals surface area contributed by atoms with Crippen molar-refractivity contribution in [3.8, 4) is 0 Å². The number of hydrogen-bond acceptors (Lipinski definition) is 4. The Balaban J connectivity index is 1.84. The summed E-state index contributed by atoms with van der Waals surface area (Å²) >= 11 is 5.75. The van der Waals surface area contributed by atoms with Crippen molar-refractivity contribution >= 4 is 17.7 Å². The Morgan fingerprint density at radius 3 is 2.74 bits per heavy atom. The molecule has 1 fully saturated rings. The summed E-state index contributed by atoms with van der Waals surface area (Å²) in [5, 5.41) is 10.8. The molecule has 1 saturated heterocycles. The molecule has 1 aromatic rings. The van der Waals surface area contributed by atoms with Crippen molar-refractivity contribution in [2.75, 3.05) is 13.1 Å². The molecule has 0 spiro atoms. The predicted octanol–water partition coefficient (Wildman–Crippen LogP) is 5.63. The predicted molar refractivity (Wildman–Crippen MR) is 120 cm³/mol. The molecule has 0 aromatic heterocycles. The lowest BCUT2D eigenvalue weighted by atomic mass is 9.87. The van der Waals surface area contributed by atoms with Gasteiger partial charge in [-0.3, -0.25) is 0 Å². The van der Waals surface area contributed by atoms with Crippen LogP contribution in [0.2, 0.25) is 5.02 Å². The minimum absolute atomic E-state index is 0.0992. The van der Waals surface area contributed by atoms with E-state index in [2.05, 4.69) is 6.58 Å². The van der Waals surface area contributed by atoms with Crippen molar-refractivity contribution in [2.24, 2.45) is 5.92 Å². The molecular weight excluding hydrogens is 421 g/mol. The van der Waals surface area contributed by atoms with Gasteiger partial charge in [0, 0.05) is 23.0 Å². The van der Waals surface area contributed by atoms with Gasteiger partial charge in [0.05, 0.1) is 18.4 Å². The van der Waals surface area contributed by atoms with Crippen LogP contribution in [0.5, 0.6) is 0 Å². The standard InChI is InChI=1S/C24H31ClFNO4/c1-16(20-11-12-27(14-22(20)28)23(29)31-24(3,4)5)7-6-8-17(2)30-15-18-9-10-19(25)13-21(18)26/h6-10,13,20,22,28H,1,11-12,14-15H2,2-5H3/b7-6-,17-8+. The lowest BCUT2D eigenvalue weighted by molar-refractivity contribution is -0.00644. The van der Waals surface area contributed by atoms with E-state index in [0.29, 0.717) is 29.3 Å². The van der Waals surface area contributed by atoms with E-state index in [4.69, 9.17) is 21.1 Å². The van der Waals surface area contributed by atoms with Crippen LogP contribution in [0, 0.1) is 11.7 Å². The number of β-amino-alcohol motifs (C(OH)–C–C–N with tert-alkyl or cyclic N) is 1. The quantitative estimate of drug-likeness (QED) is 0.449. The first-order valence-corrected chi connectivity index (χ1v) is 10.6. The van der Waals surface area contributed by atoms with Gasteiger partial charge < -0.3 is 19.5 Å². The number of carbonyl (C=O) groups excluding carboxylic acids is 1. The smallest absolute Gasteiger partial charge is 0.410 e. The highest BCUT2D eigenvalue weighted by Crippen LogP contribution is 2.26. The molecule has 7 heteroatoms. The molecule has 0 radical (unpaired) electrons. The fourth-order valence-electron chi connectivity index (χ4n) is 3.17. The number of aliphatic hydroxyl groups excluding tert-OH is 1. The van der Waals surface area contributed by atoms with Gasteiger partial charge in [0.2, 0.25) is 0 Å². The Hall–Kier alpha value is -2.31. The second kappa shape index (κ2) is 10.8. The van der Waals surface area contributed by atoms with Crippen LogP contribution in [-0.4, -0.2) is 40.9 Å². The van der Waals surface area contributed by atoms with Crippen LogP contribution in [0.4, 0.5) is 9.18 Å². The summed E-state index contributed by atoms with van der Waals surface area (Å²) in [5.74, 6) is 0.0577. The zero-order valence-electron chi connectivity index (χ0n) is 18.5. The summed E-state index contributed by atoms with van der Waals surface area (Å²) in [4.78, 5) is 13.7. The number of carbonyl (C=O) groups is 1. The van der Waals surface area contributed by atoms with Gasteiger partial charge in [-0.1, -0.05) is 36.4 Å². The van der Waals surface area contributed by atoms with Crippen LogP contribution >= 0.6 is 11.6 Å². The van der Waals surface area contributed by atoms with E-state index >= 15 is 0 Å². The zero-order chi connectivity index (χ0) is 23.2. The average molecular weight is 452 g/mol. The minimum Gasteiger partial charge on any atom is -0.493 e. The first-order valence-electron chi connectivity index (χ1n) is 10.2. The summed E-state index contributed by atoms with van der Waals surface area (Å²) in [6.07, 6.45) is 4.81. The van der Waals surface area contributed by atoms with E-state index in [1.807, 2.05) is 26.8 Å². The molecule has 1 N–H and O–H groups in total. The maximum absolute atomic E-state index is 13.8. The van der Waals surface area contributed by atoms with Crippen molar-refractivity contribution in [2.45, 2.75) is 52.4 Å². The fourth-order valence-corrected chi connectivity index (χ4v) is 3.32. The molecule has 1 aromatic carbocycles. The van der Waals surface area contributed by atoms with Gasteiger partial charge in [-0.15, -0.1) is 0 Å². The molecule has 1 amide bonds. The second-order valence-electron chi connectivity index (χ2n) is 8.62. The van der Waals surface area contributed by atoms with Gasteiger partial charge in [0.25, 0.3) is 0 Å². The van der Waals surface area contributed by atoms with Crippen molar-refractivity contribution in [1.29, 1.82) is 0 Å². The number of piperidine rings is 1.